The maximum atomic E-state index is 14.5. The number of alkyl carbamates (subject to hydrolysis) is 1. The van der Waals surface area contributed by atoms with Crippen molar-refractivity contribution in [2.45, 2.75) is 104 Å². The van der Waals surface area contributed by atoms with Gasteiger partial charge in [0.05, 0.1) is 0 Å². The lowest BCUT2D eigenvalue weighted by Gasteiger charge is -2.44. The van der Waals surface area contributed by atoms with Crippen molar-refractivity contribution in [3.63, 3.8) is 0 Å². The molecule has 0 saturated heterocycles. The summed E-state index contributed by atoms with van der Waals surface area (Å²) in [5.74, 6) is -0.440. The number of rotatable bonds is 11. The van der Waals surface area contributed by atoms with Crippen molar-refractivity contribution >= 4 is 17.9 Å². The Morgan fingerprint density at radius 2 is 1.75 bits per heavy atom. The third-order valence-electron chi connectivity index (χ3n) is 7.38. The Balaban J connectivity index is 2.05. The molecule has 1 aliphatic carbocycles. The minimum Gasteiger partial charge on any atom is -0.508 e. The normalized spacial score (nSPS) is 14.9. The first-order valence-corrected chi connectivity index (χ1v) is 14.3. The van der Waals surface area contributed by atoms with Crippen LogP contribution in [-0.2, 0) is 20.7 Å². The first-order chi connectivity index (χ1) is 18.9. The lowest BCUT2D eigenvalue weighted by molar-refractivity contribution is -0.147. The van der Waals surface area contributed by atoms with Crippen molar-refractivity contribution in [2.24, 2.45) is 0 Å². The molecule has 0 radical (unpaired) electrons. The lowest BCUT2D eigenvalue weighted by atomic mass is 9.86. The molecule has 2 aromatic rings. The summed E-state index contributed by atoms with van der Waals surface area (Å²) in [4.78, 5) is 43.0. The Morgan fingerprint density at radius 1 is 1.07 bits per heavy atom. The molecule has 2 aromatic carbocycles. The number of benzene rings is 2. The van der Waals surface area contributed by atoms with Crippen molar-refractivity contribution in [1.29, 1.82) is 0 Å². The maximum Gasteiger partial charge on any atom is 0.408 e. The number of carbonyl (C=O) groups excluding carboxylic acids is 3. The summed E-state index contributed by atoms with van der Waals surface area (Å²) in [6.45, 7) is 11.9. The van der Waals surface area contributed by atoms with Gasteiger partial charge in [0.1, 0.15) is 23.4 Å². The Hall–Kier alpha value is -3.55. The lowest BCUT2D eigenvalue weighted by Crippen LogP contribution is -2.58. The molecule has 2 atom stereocenters. The first kappa shape index (κ1) is 31.0. The number of unbranched alkanes of at least 4 members (excludes halogenated alkanes) is 1. The third-order valence-corrected chi connectivity index (χ3v) is 7.38. The van der Waals surface area contributed by atoms with Crippen molar-refractivity contribution < 1.29 is 24.2 Å². The van der Waals surface area contributed by atoms with Gasteiger partial charge in [0.15, 0.2) is 0 Å². The third kappa shape index (κ3) is 8.23. The van der Waals surface area contributed by atoms with Gasteiger partial charge in [0.2, 0.25) is 11.8 Å². The van der Waals surface area contributed by atoms with Crippen LogP contribution in [0.25, 0.3) is 0 Å². The fourth-order valence-corrected chi connectivity index (χ4v) is 4.85. The van der Waals surface area contributed by atoms with Crippen LogP contribution in [0, 0.1) is 13.8 Å². The van der Waals surface area contributed by atoms with E-state index in [-0.39, 0.29) is 30.0 Å². The average Bonchev–Trinajstić information content (AvgIpc) is 2.84. The molecule has 8 nitrogen and oxygen atoms in total. The molecule has 0 bridgehead atoms. The van der Waals surface area contributed by atoms with E-state index in [1.54, 1.807) is 49.9 Å². The number of hydrogen-bond acceptors (Lipinski definition) is 5. The highest BCUT2D eigenvalue weighted by atomic mass is 16.6. The highest BCUT2D eigenvalue weighted by molar-refractivity contribution is 5.93. The van der Waals surface area contributed by atoms with Crippen LogP contribution in [0.5, 0.6) is 5.75 Å². The molecule has 3 amide bonds. The fourth-order valence-electron chi connectivity index (χ4n) is 4.85. The molecular formula is C32H45N3O5. The van der Waals surface area contributed by atoms with Gasteiger partial charge in [-0.1, -0.05) is 43.7 Å². The molecule has 1 saturated carbocycles. The van der Waals surface area contributed by atoms with Crippen LogP contribution in [0.15, 0.2) is 42.5 Å². The van der Waals surface area contributed by atoms with Gasteiger partial charge >= 0.3 is 6.09 Å². The number of carbonyl (C=O) groups is 3. The van der Waals surface area contributed by atoms with Crippen molar-refractivity contribution in [2.75, 3.05) is 6.54 Å². The van der Waals surface area contributed by atoms with Crippen molar-refractivity contribution in [3.05, 3.63) is 64.7 Å². The van der Waals surface area contributed by atoms with E-state index < -0.39 is 23.8 Å². The number of nitrogens with zero attached hydrogens (tertiary/aromatic N) is 1. The number of hydrogen-bond donors (Lipinski definition) is 3. The Morgan fingerprint density at radius 3 is 2.33 bits per heavy atom. The number of aromatic hydroxyl groups is 1. The summed E-state index contributed by atoms with van der Waals surface area (Å²) < 4.78 is 5.51. The number of nitrogens with one attached hydrogen (secondary N) is 2. The Kier molecular flexibility index (Phi) is 10.6. The standard InChI is InChI=1S/C32H45N3O5/c1-7-8-19-33-29(37)28(26-14-9-11-21(2)22(26)3)35(24-12-10-13-24)30(38)27(34-31(39)40-32(4,5)6)20-23-15-17-25(36)18-16-23/h9,11,14-18,24,27-28,36H,7-8,10,12-13,19-20H2,1-6H3,(H,33,37)(H,34,39). The van der Waals surface area contributed by atoms with Crippen molar-refractivity contribution in [3.8, 4) is 5.75 Å². The zero-order valence-electron chi connectivity index (χ0n) is 24.8. The minimum atomic E-state index is -0.976. The predicted molar refractivity (Wildman–Crippen MR) is 156 cm³/mol. The summed E-state index contributed by atoms with van der Waals surface area (Å²) in [5, 5.41) is 15.6. The summed E-state index contributed by atoms with van der Waals surface area (Å²) in [5.41, 5.74) is 2.80. The monoisotopic (exact) mass is 551 g/mol. The van der Waals surface area contributed by atoms with Gasteiger partial charge in [0.25, 0.3) is 0 Å². The topological polar surface area (TPSA) is 108 Å². The highest BCUT2D eigenvalue weighted by Gasteiger charge is 2.42. The van der Waals surface area contributed by atoms with Crippen LogP contribution < -0.4 is 10.6 Å². The van der Waals surface area contributed by atoms with E-state index in [4.69, 9.17) is 4.74 Å². The van der Waals surface area contributed by atoms with Gasteiger partial charge in [-0.25, -0.2) is 4.79 Å². The molecule has 0 aliphatic heterocycles. The SMILES string of the molecule is CCCCNC(=O)C(c1cccc(C)c1C)N(C(=O)C(Cc1ccc(O)cc1)NC(=O)OC(C)(C)C)C1CCC1. The second-order valence-corrected chi connectivity index (χ2v) is 11.7. The van der Waals surface area contributed by atoms with E-state index in [1.165, 1.54) is 0 Å². The second-order valence-electron chi connectivity index (χ2n) is 11.7. The summed E-state index contributed by atoms with van der Waals surface area (Å²) in [7, 11) is 0. The van der Waals surface area contributed by atoms with Crippen LogP contribution in [0.4, 0.5) is 4.79 Å². The molecule has 40 heavy (non-hydrogen) atoms. The van der Waals surface area contributed by atoms with Gasteiger partial charge < -0.3 is 25.4 Å². The van der Waals surface area contributed by atoms with Crippen LogP contribution in [-0.4, -0.2) is 52.1 Å². The van der Waals surface area contributed by atoms with Crippen LogP contribution in [0.2, 0.25) is 0 Å². The van der Waals surface area contributed by atoms with E-state index in [2.05, 4.69) is 17.6 Å². The molecule has 3 N–H and O–H groups in total. The van der Waals surface area contributed by atoms with E-state index in [1.807, 2.05) is 32.0 Å². The van der Waals surface area contributed by atoms with E-state index >= 15 is 0 Å². The number of ether oxygens (including phenoxy) is 1. The highest BCUT2D eigenvalue weighted by Crippen LogP contribution is 2.35. The van der Waals surface area contributed by atoms with E-state index in [9.17, 15) is 19.5 Å². The molecule has 1 aliphatic rings. The van der Waals surface area contributed by atoms with Crippen LogP contribution >= 0.6 is 0 Å². The number of aryl methyl sites for hydroxylation is 1. The average molecular weight is 552 g/mol. The minimum absolute atomic E-state index is 0.113. The molecule has 0 spiro atoms. The van der Waals surface area contributed by atoms with Gasteiger partial charge in [-0.15, -0.1) is 0 Å². The summed E-state index contributed by atoms with van der Waals surface area (Å²) in [6, 6.07) is 10.4. The quantitative estimate of drug-likeness (QED) is 0.321. The van der Waals surface area contributed by atoms with Gasteiger partial charge in [-0.3, -0.25) is 9.59 Å². The Labute approximate surface area is 238 Å². The van der Waals surface area contributed by atoms with Crippen molar-refractivity contribution in [1.82, 2.24) is 15.5 Å². The van der Waals surface area contributed by atoms with Gasteiger partial charge in [0, 0.05) is 19.0 Å². The number of amides is 3. The van der Waals surface area contributed by atoms with Crippen LogP contribution in [0.1, 0.15) is 88.1 Å². The summed E-state index contributed by atoms with van der Waals surface area (Å²) in [6.07, 6.45) is 3.79. The molecule has 3 rings (SSSR count). The molecular weight excluding hydrogens is 506 g/mol. The molecule has 1 fully saturated rings. The fraction of sp³-hybridized carbons (Fsp3) is 0.531. The molecule has 218 valence electrons. The van der Waals surface area contributed by atoms with E-state index in [0.717, 1.165) is 54.4 Å². The van der Waals surface area contributed by atoms with Gasteiger partial charge in [-0.2, -0.15) is 0 Å². The second kappa shape index (κ2) is 13.7. The van der Waals surface area contributed by atoms with E-state index in [0.29, 0.717) is 6.54 Å². The molecule has 0 aromatic heterocycles. The zero-order chi connectivity index (χ0) is 29.4. The Bertz CT molecular complexity index is 1170. The molecule has 0 heterocycles. The summed E-state index contributed by atoms with van der Waals surface area (Å²) >= 11 is 0. The largest absolute Gasteiger partial charge is 0.508 e. The molecule has 8 heteroatoms. The predicted octanol–water partition coefficient (Wildman–Crippen LogP) is 5.48. The number of phenolic OH excluding ortho intramolecular Hbond substituents is 1. The first-order valence-electron chi connectivity index (χ1n) is 14.3. The van der Waals surface area contributed by atoms with Crippen LogP contribution in [0.3, 0.4) is 0 Å². The maximum absolute atomic E-state index is 14.5. The molecule has 2 unspecified atom stereocenters. The van der Waals surface area contributed by atoms with Gasteiger partial charge in [-0.05, 0) is 94.7 Å². The zero-order valence-corrected chi connectivity index (χ0v) is 24.8. The smallest absolute Gasteiger partial charge is 0.408 e. The number of phenols is 1.